The summed E-state index contributed by atoms with van der Waals surface area (Å²) in [5, 5.41) is 8.66. The van der Waals surface area contributed by atoms with Crippen LogP contribution >= 0.6 is 0 Å². The SMILES string of the molecule is CCn1c(Cn2ccnc2C)nnc1C1CCN(C(=O)CC(F)(F)F)CC1. The Kier molecular flexibility index (Phi) is 5.52. The molecule has 1 aliphatic heterocycles. The molecule has 1 fully saturated rings. The van der Waals surface area contributed by atoms with Crippen molar-refractivity contribution in [1.29, 1.82) is 0 Å². The van der Waals surface area contributed by atoms with E-state index in [0.717, 1.165) is 17.5 Å². The fraction of sp³-hybridized carbons (Fsp3) is 0.647. The number of nitrogens with zero attached hydrogens (tertiary/aromatic N) is 6. The molecule has 3 heterocycles. The van der Waals surface area contributed by atoms with Gasteiger partial charge in [-0.15, -0.1) is 10.2 Å². The van der Waals surface area contributed by atoms with Crippen molar-refractivity contribution in [3.8, 4) is 0 Å². The van der Waals surface area contributed by atoms with Gasteiger partial charge in [0.15, 0.2) is 5.82 Å². The van der Waals surface area contributed by atoms with Crippen LogP contribution in [0.4, 0.5) is 13.2 Å². The summed E-state index contributed by atoms with van der Waals surface area (Å²) >= 11 is 0. The van der Waals surface area contributed by atoms with Crippen molar-refractivity contribution in [2.75, 3.05) is 13.1 Å². The number of alkyl halides is 3. The zero-order chi connectivity index (χ0) is 19.6. The minimum absolute atomic E-state index is 0.0880. The summed E-state index contributed by atoms with van der Waals surface area (Å²) in [5.41, 5.74) is 0. The molecule has 0 aliphatic carbocycles. The molecule has 2 aromatic heterocycles. The van der Waals surface area contributed by atoms with Crippen LogP contribution in [0.5, 0.6) is 0 Å². The second-order valence-corrected chi connectivity index (χ2v) is 6.77. The number of amides is 1. The van der Waals surface area contributed by atoms with Gasteiger partial charge >= 0.3 is 6.18 Å². The van der Waals surface area contributed by atoms with E-state index in [0.29, 0.717) is 39.0 Å². The number of hydrogen-bond donors (Lipinski definition) is 0. The maximum Gasteiger partial charge on any atom is 0.397 e. The number of aryl methyl sites for hydroxylation is 1. The van der Waals surface area contributed by atoms with Crippen molar-refractivity contribution in [3.63, 3.8) is 0 Å². The Hall–Kier alpha value is -2.39. The van der Waals surface area contributed by atoms with E-state index in [1.54, 1.807) is 6.20 Å². The Bertz CT molecular complexity index is 789. The lowest BCUT2D eigenvalue weighted by atomic mass is 9.95. The van der Waals surface area contributed by atoms with Gasteiger partial charge in [-0.3, -0.25) is 4.79 Å². The summed E-state index contributed by atoms with van der Waals surface area (Å²) in [6.45, 7) is 5.83. The molecule has 7 nitrogen and oxygen atoms in total. The predicted octanol–water partition coefficient (Wildman–Crippen LogP) is 2.51. The van der Waals surface area contributed by atoms with Crippen molar-refractivity contribution >= 4 is 5.91 Å². The Morgan fingerprint density at radius 1 is 1.26 bits per heavy atom. The first-order chi connectivity index (χ1) is 12.8. The number of carbonyl (C=O) groups is 1. The average Bonchev–Trinajstić information content (AvgIpc) is 3.20. The number of piperidine rings is 1. The van der Waals surface area contributed by atoms with Gasteiger partial charge in [0, 0.05) is 37.9 Å². The summed E-state index contributed by atoms with van der Waals surface area (Å²) in [4.78, 5) is 17.3. The van der Waals surface area contributed by atoms with Gasteiger partial charge in [-0.2, -0.15) is 13.2 Å². The van der Waals surface area contributed by atoms with Gasteiger partial charge < -0.3 is 14.0 Å². The summed E-state index contributed by atoms with van der Waals surface area (Å²) in [5.74, 6) is 1.79. The van der Waals surface area contributed by atoms with Gasteiger partial charge in [-0.1, -0.05) is 0 Å². The number of likely N-dealkylation sites (tertiary alicyclic amines) is 1. The van der Waals surface area contributed by atoms with E-state index in [4.69, 9.17) is 0 Å². The van der Waals surface area contributed by atoms with Gasteiger partial charge in [-0.05, 0) is 26.7 Å². The van der Waals surface area contributed by atoms with E-state index in [9.17, 15) is 18.0 Å². The molecule has 1 amide bonds. The molecule has 0 N–H and O–H groups in total. The second-order valence-electron chi connectivity index (χ2n) is 6.77. The highest BCUT2D eigenvalue weighted by Gasteiger charge is 2.35. The lowest BCUT2D eigenvalue weighted by Gasteiger charge is -2.32. The Morgan fingerprint density at radius 3 is 2.52 bits per heavy atom. The number of halogens is 3. The molecule has 0 saturated carbocycles. The summed E-state index contributed by atoms with van der Waals surface area (Å²) in [6.07, 6.45) is -1.06. The number of rotatable bonds is 5. The highest BCUT2D eigenvalue weighted by atomic mass is 19.4. The Morgan fingerprint density at radius 2 is 1.96 bits per heavy atom. The van der Waals surface area contributed by atoms with Gasteiger partial charge in [0.05, 0.1) is 6.54 Å². The zero-order valence-corrected chi connectivity index (χ0v) is 15.4. The average molecular weight is 384 g/mol. The minimum atomic E-state index is -4.46. The van der Waals surface area contributed by atoms with Gasteiger partial charge in [-0.25, -0.2) is 4.98 Å². The molecule has 0 radical (unpaired) electrons. The third kappa shape index (κ3) is 4.48. The smallest absolute Gasteiger partial charge is 0.342 e. The van der Waals surface area contributed by atoms with Gasteiger partial charge in [0.1, 0.15) is 18.1 Å². The van der Waals surface area contributed by atoms with E-state index in [-0.39, 0.29) is 5.92 Å². The molecule has 0 spiro atoms. The standard InChI is InChI=1S/C17H23F3N6O/c1-3-26-14(11-25-9-6-21-12(25)2)22-23-16(26)13-4-7-24(8-5-13)15(27)10-17(18,19)20/h6,9,13H,3-5,7-8,10-11H2,1-2H3. The minimum Gasteiger partial charge on any atom is -0.342 e. The Balaban J connectivity index is 1.66. The van der Waals surface area contributed by atoms with E-state index >= 15 is 0 Å². The van der Waals surface area contributed by atoms with Crippen LogP contribution < -0.4 is 0 Å². The molecular weight excluding hydrogens is 361 g/mol. The maximum absolute atomic E-state index is 12.4. The largest absolute Gasteiger partial charge is 0.397 e. The molecule has 0 atom stereocenters. The van der Waals surface area contributed by atoms with Crippen LogP contribution in [0.15, 0.2) is 12.4 Å². The number of imidazole rings is 1. The molecule has 27 heavy (non-hydrogen) atoms. The molecule has 3 rings (SSSR count). The molecule has 1 aliphatic rings. The number of carbonyl (C=O) groups excluding carboxylic acids is 1. The van der Waals surface area contributed by atoms with E-state index in [1.165, 1.54) is 4.90 Å². The van der Waals surface area contributed by atoms with E-state index in [1.807, 2.05) is 24.6 Å². The quantitative estimate of drug-likeness (QED) is 0.794. The normalized spacial score (nSPS) is 16.1. The zero-order valence-electron chi connectivity index (χ0n) is 15.4. The monoisotopic (exact) mass is 384 g/mol. The fourth-order valence-electron chi connectivity index (χ4n) is 3.51. The first kappa shape index (κ1) is 19.4. The van der Waals surface area contributed by atoms with Crippen LogP contribution in [0.25, 0.3) is 0 Å². The van der Waals surface area contributed by atoms with Crippen LogP contribution in [-0.4, -0.2) is 54.4 Å². The Labute approximate surface area is 155 Å². The van der Waals surface area contributed by atoms with E-state index in [2.05, 4.69) is 19.7 Å². The summed E-state index contributed by atoms with van der Waals surface area (Å²) in [6, 6.07) is 0. The molecular formula is C17H23F3N6O. The molecule has 2 aromatic rings. The first-order valence-electron chi connectivity index (χ1n) is 9.02. The summed E-state index contributed by atoms with van der Waals surface area (Å²) < 4.78 is 41.3. The van der Waals surface area contributed by atoms with Gasteiger partial charge in [0.2, 0.25) is 5.91 Å². The molecule has 1 saturated heterocycles. The number of hydrogen-bond acceptors (Lipinski definition) is 4. The third-order valence-electron chi connectivity index (χ3n) is 4.97. The lowest BCUT2D eigenvalue weighted by molar-refractivity contribution is -0.162. The van der Waals surface area contributed by atoms with Crippen LogP contribution in [0.2, 0.25) is 0 Å². The van der Waals surface area contributed by atoms with Crippen molar-refractivity contribution in [2.45, 2.75) is 58.3 Å². The van der Waals surface area contributed by atoms with Crippen molar-refractivity contribution in [3.05, 3.63) is 29.9 Å². The van der Waals surface area contributed by atoms with Crippen molar-refractivity contribution < 1.29 is 18.0 Å². The van der Waals surface area contributed by atoms with Crippen LogP contribution in [-0.2, 0) is 17.9 Å². The van der Waals surface area contributed by atoms with E-state index < -0.39 is 18.5 Å². The highest BCUT2D eigenvalue weighted by molar-refractivity contribution is 5.76. The predicted molar refractivity (Wildman–Crippen MR) is 91.0 cm³/mol. The lowest BCUT2D eigenvalue weighted by Crippen LogP contribution is -2.40. The second kappa shape index (κ2) is 7.69. The van der Waals surface area contributed by atoms with Crippen molar-refractivity contribution in [1.82, 2.24) is 29.2 Å². The highest BCUT2D eigenvalue weighted by Crippen LogP contribution is 2.29. The van der Waals surface area contributed by atoms with Crippen LogP contribution in [0.3, 0.4) is 0 Å². The van der Waals surface area contributed by atoms with Crippen LogP contribution in [0, 0.1) is 6.92 Å². The van der Waals surface area contributed by atoms with Crippen LogP contribution in [0.1, 0.15) is 49.6 Å². The summed E-state index contributed by atoms with van der Waals surface area (Å²) in [7, 11) is 0. The van der Waals surface area contributed by atoms with Gasteiger partial charge in [0.25, 0.3) is 0 Å². The molecule has 0 unspecified atom stereocenters. The topological polar surface area (TPSA) is 68.8 Å². The maximum atomic E-state index is 12.4. The number of aromatic nitrogens is 5. The van der Waals surface area contributed by atoms with Crippen molar-refractivity contribution in [2.24, 2.45) is 0 Å². The molecule has 148 valence electrons. The molecule has 0 aromatic carbocycles. The first-order valence-corrected chi connectivity index (χ1v) is 9.02. The molecule has 0 bridgehead atoms. The molecule has 10 heteroatoms. The third-order valence-corrected chi connectivity index (χ3v) is 4.97. The fourth-order valence-corrected chi connectivity index (χ4v) is 3.51.